The highest BCUT2D eigenvalue weighted by atomic mass is 16.3. The zero-order valence-corrected chi connectivity index (χ0v) is 9.39. The van der Waals surface area contributed by atoms with Crippen LogP contribution in [-0.2, 0) is 4.79 Å². The number of aliphatic hydroxyl groups is 1. The Kier molecular flexibility index (Phi) is 3.43. The maximum Gasteiger partial charge on any atom is 0.327 e. The van der Waals surface area contributed by atoms with Crippen molar-refractivity contribution in [3.05, 3.63) is 0 Å². The van der Waals surface area contributed by atoms with E-state index in [0.29, 0.717) is 13.0 Å². The first-order chi connectivity index (χ1) is 7.74. The predicted molar refractivity (Wildman–Crippen MR) is 57.8 cm³/mol. The average molecular weight is 226 g/mol. The fourth-order valence-corrected chi connectivity index (χ4v) is 2.51. The van der Waals surface area contributed by atoms with Crippen molar-refractivity contribution < 1.29 is 14.7 Å². The van der Waals surface area contributed by atoms with Gasteiger partial charge >= 0.3 is 6.03 Å². The van der Waals surface area contributed by atoms with Gasteiger partial charge in [-0.3, -0.25) is 9.69 Å². The molecule has 0 radical (unpaired) electrons. The van der Waals surface area contributed by atoms with Crippen molar-refractivity contribution in [2.24, 2.45) is 0 Å². The van der Waals surface area contributed by atoms with E-state index in [1.807, 2.05) is 0 Å². The van der Waals surface area contributed by atoms with Crippen LogP contribution in [-0.4, -0.2) is 52.6 Å². The molecule has 16 heavy (non-hydrogen) atoms. The van der Waals surface area contributed by atoms with E-state index >= 15 is 0 Å². The van der Waals surface area contributed by atoms with Crippen molar-refractivity contribution >= 4 is 11.9 Å². The average Bonchev–Trinajstić information content (AvgIpc) is 2.86. The molecule has 90 valence electrons. The zero-order chi connectivity index (χ0) is 11.5. The first-order valence-electron chi connectivity index (χ1n) is 5.96. The lowest BCUT2D eigenvalue weighted by molar-refractivity contribution is -0.125. The van der Waals surface area contributed by atoms with Gasteiger partial charge in [0.05, 0.1) is 0 Å². The van der Waals surface area contributed by atoms with Crippen molar-refractivity contribution in [3.8, 4) is 0 Å². The molecule has 1 saturated heterocycles. The number of urea groups is 1. The Hall–Kier alpha value is -1.10. The van der Waals surface area contributed by atoms with Crippen molar-refractivity contribution in [2.75, 3.05) is 19.7 Å². The lowest BCUT2D eigenvalue weighted by atomic mass is 10.2. The summed E-state index contributed by atoms with van der Waals surface area (Å²) in [6.07, 6.45) is 4.81. The molecule has 1 aliphatic heterocycles. The first-order valence-corrected chi connectivity index (χ1v) is 5.96. The smallest absolute Gasteiger partial charge is 0.327 e. The second kappa shape index (κ2) is 4.82. The van der Waals surface area contributed by atoms with E-state index in [-0.39, 0.29) is 31.1 Å². The monoisotopic (exact) mass is 226 g/mol. The van der Waals surface area contributed by atoms with Gasteiger partial charge in [-0.2, -0.15) is 0 Å². The molecular formula is C11H18N2O3. The number of rotatable bonds is 4. The van der Waals surface area contributed by atoms with Crippen LogP contribution in [0.4, 0.5) is 4.79 Å². The highest BCUT2D eigenvalue weighted by Crippen LogP contribution is 2.26. The standard InChI is InChI=1S/C11H18N2O3/c14-7-3-6-12-10(15)8-13(11(12)16)9-4-1-2-5-9/h9,14H,1-8H2. The lowest BCUT2D eigenvalue weighted by Crippen LogP contribution is -2.38. The van der Waals surface area contributed by atoms with E-state index in [2.05, 4.69) is 0 Å². The van der Waals surface area contributed by atoms with E-state index < -0.39 is 0 Å². The molecule has 5 heteroatoms. The van der Waals surface area contributed by atoms with Crippen LogP contribution in [0, 0.1) is 0 Å². The minimum atomic E-state index is -0.162. The SMILES string of the molecule is O=C1CN(C2CCCC2)C(=O)N1CCCO. The van der Waals surface area contributed by atoms with Crippen LogP contribution in [0.15, 0.2) is 0 Å². The van der Waals surface area contributed by atoms with Gasteiger partial charge in [-0.1, -0.05) is 12.8 Å². The topological polar surface area (TPSA) is 60.9 Å². The summed E-state index contributed by atoms with van der Waals surface area (Å²) < 4.78 is 0. The summed E-state index contributed by atoms with van der Waals surface area (Å²) in [5.74, 6) is -0.120. The van der Waals surface area contributed by atoms with Crippen LogP contribution < -0.4 is 0 Å². The van der Waals surface area contributed by atoms with Crippen LogP contribution in [0.3, 0.4) is 0 Å². The third kappa shape index (κ3) is 2.04. The third-order valence-electron chi connectivity index (χ3n) is 3.39. The molecule has 1 aliphatic carbocycles. The zero-order valence-electron chi connectivity index (χ0n) is 9.39. The number of hydrogen-bond donors (Lipinski definition) is 1. The number of imide groups is 1. The Bertz CT molecular complexity index is 287. The normalized spacial score (nSPS) is 22.6. The summed E-state index contributed by atoms with van der Waals surface area (Å²) in [6.45, 7) is 0.590. The Morgan fingerprint density at radius 3 is 2.56 bits per heavy atom. The maximum atomic E-state index is 12.0. The number of amides is 3. The molecule has 0 aromatic carbocycles. The fourth-order valence-electron chi connectivity index (χ4n) is 2.51. The Labute approximate surface area is 95.0 Å². The van der Waals surface area contributed by atoms with Crippen molar-refractivity contribution in [1.82, 2.24) is 9.80 Å². The molecule has 0 unspecified atom stereocenters. The van der Waals surface area contributed by atoms with Crippen LogP contribution in [0.1, 0.15) is 32.1 Å². The summed E-state index contributed by atoms with van der Waals surface area (Å²) in [7, 11) is 0. The number of nitrogens with zero attached hydrogens (tertiary/aromatic N) is 2. The minimum Gasteiger partial charge on any atom is -0.396 e. The lowest BCUT2D eigenvalue weighted by Gasteiger charge is -2.22. The van der Waals surface area contributed by atoms with Crippen molar-refractivity contribution in [3.63, 3.8) is 0 Å². The Morgan fingerprint density at radius 1 is 1.25 bits per heavy atom. The second-order valence-electron chi connectivity index (χ2n) is 4.47. The molecule has 2 fully saturated rings. The Morgan fingerprint density at radius 2 is 1.94 bits per heavy atom. The van der Waals surface area contributed by atoms with E-state index in [0.717, 1.165) is 25.7 Å². The van der Waals surface area contributed by atoms with Gasteiger partial charge in [-0.05, 0) is 19.3 Å². The molecule has 1 N–H and O–H groups in total. The van der Waals surface area contributed by atoms with Gasteiger partial charge in [0.2, 0.25) is 5.91 Å². The number of carbonyl (C=O) groups excluding carboxylic acids is 2. The van der Waals surface area contributed by atoms with E-state index in [1.165, 1.54) is 4.90 Å². The van der Waals surface area contributed by atoms with Gasteiger partial charge in [-0.25, -0.2) is 4.79 Å². The van der Waals surface area contributed by atoms with Crippen LogP contribution >= 0.6 is 0 Å². The summed E-state index contributed by atoms with van der Waals surface area (Å²) in [6, 6.07) is 0.0981. The highest BCUT2D eigenvalue weighted by molar-refractivity contribution is 6.02. The quantitative estimate of drug-likeness (QED) is 0.713. The van der Waals surface area contributed by atoms with Crippen LogP contribution in [0.5, 0.6) is 0 Å². The first kappa shape index (κ1) is 11.4. The third-order valence-corrected chi connectivity index (χ3v) is 3.39. The molecular weight excluding hydrogens is 208 g/mol. The van der Waals surface area contributed by atoms with Crippen LogP contribution in [0.25, 0.3) is 0 Å². The highest BCUT2D eigenvalue weighted by Gasteiger charge is 2.39. The summed E-state index contributed by atoms with van der Waals surface area (Å²) in [5.41, 5.74) is 0. The summed E-state index contributed by atoms with van der Waals surface area (Å²) >= 11 is 0. The molecule has 0 spiro atoms. The molecule has 0 bridgehead atoms. The minimum absolute atomic E-state index is 0.0144. The Balaban J connectivity index is 1.97. The summed E-state index contributed by atoms with van der Waals surface area (Å²) in [5, 5.41) is 8.71. The molecule has 2 rings (SSSR count). The number of aliphatic hydroxyl groups excluding tert-OH is 1. The predicted octanol–water partition coefficient (Wildman–Crippen LogP) is 0.576. The van der Waals surface area contributed by atoms with Gasteiger partial charge < -0.3 is 10.0 Å². The summed E-state index contributed by atoms with van der Waals surface area (Å²) in [4.78, 5) is 26.6. The van der Waals surface area contributed by atoms with Gasteiger partial charge in [0.15, 0.2) is 0 Å². The van der Waals surface area contributed by atoms with E-state index in [1.54, 1.807) is 4.90 Å². The number of carbonyl (C=O) groups is 2. The molecule has 0 aromatic rings. The molecule has 0 aromatic heterocycles. The maximum absolute atomic E-state index is 12.0. The van der Waals surface area contributed by atoms with Crippen molar-refractivity contribution in [2.45, 2.75) is 38.1 Å². The van der Waals surface area contributed by atoms with E-state index in [4.69, 9.17) is 5.11 Å². The molecule has 5 nitrogen and oxygen atoms in total. The largest absolute Gasteiger partial charge is 0.396 e. The van der Waals surface area contributed by atoms with Gasteiger partial charge in [-0.15, -0.1) is 0 Å². The molecule has 3 amide bonds. The van der Waals surface area contributed by atoms with Gasteiger partial charge in [0, 0.05) is 19.2 Å². The molecule has 0 atom stereocenters. The molecule has 1 saturated carbocycles. The van der Waals surface area contributed by atoms with Crippen molar-refractivity contribution in [1.29, 1.82) is 0 Å². The fraction of sp³-hybridized carbons (Fsp3) is 0.818. The van der Waals surface area contributed by atoms with E-state index in [9.17, 15) is 9.59 Å². The second-order valence-corrected chi connectivity index (χ2v) is 4.47. The molecule has 2 aliphatic rings. The van der Waals surface area contributed by atoms with Gasteiger partial charge in [0.1, 0.15) is 6.54 Å². The number of hydrogen-bond acceptors (Lipinski definition) is 3. The van der Waals surface area contributed by atoms with Crippen LogP contribution in [0.2, 0.25) is 0 Å². The van der Waals surface area contributed by atoms with Gasteiger partial charge in [0.25, 0.3) is 0 Å². The molecule has 1 heterocycles.